The van der Waals surface area contributed by atoms with Gasteiger partial charge in [0.15, 0.2) is 5.96 Å². The lowest BCUT2D eigenvalue weighted by molar-refractivity contribution is 0.336. The van der Waals surface area contributed by atoms with Crippen molar-refractivity contribution in [2.45, 2.75) is 13.3 Å². The number of rotatable bonds is 5. The van der Waals surface area contributed by atoms with Crippen LogP contribution in [0.1, 0.15) is 12.5 Å². The van der Waals surface area contributed by atoms with Crippen LogP contribution in [0.4, 0.5) is 0 Å². The molecule has 0 saturated carbocycles. The van der Waals surface area contributed by atoms with Gasteiger partial charge in [0.2, 0.25) is 0 Å². The Balaban J connectivity index is 0.00000256. The molecule has 0 radical (unpaired) electrons. The second kappa shape index (κ2) is 8.41. The summed E-state index contributed by atoms with van der Waals surface area (Å²) in [7, 11) is 0. The molecule has 17 heavy (non-hydrogen) atoms. The van der Waals surface area contributed by atoms with Gasteiger partial charge in [-0.25, -0.2) is 0 Å². The summed E-state index contributed by atoms with van der Waals surface area (Å²) in [5.41, 5.74) is 11.5. The number of hydrogen-bond acceptors (Lipinski definition) is 2. The quantitative estimate of drug-likeness (QED) is 0.474. The van der Waals surface area contributed by atoms with Gasteiger partial charge >= 0.3 is 0 Å². The minimum absolute atomic E-state index is 0. The Morgan fingerprint density at radius 2 is 2.12 bits per heavy atom. The highest BCUT2D eigenvalue weighted by molar-refractivity contribution is 14.0. The molecule has 0 saturated heterocycles. The number of nitrogens with zero attached hydrogens (tertiary/aromatic N) is 1. The number of guanidine groups is 1. The number of benzene rings is 1. The minimum atomic E-state index is 0. The van der Waals surface area contributed by atoms with E-state index in [9.17, 15) is 0 Å². The van der Waals surface area contributed by atoms with E-state index in [1.807, 2.05) is 19.1 Å². The summed E-state index contributed by atoms with van der Waals surface area (Å²) >= 11 is 5.92. The highest BCUT2D eigenvalue weighted by atomic mass is 127. The first kappa shape index (κ1) is 16.3. The van der Waals surface area contributed by atoms with Crippen molar-refractivity contribution in [2.75, 3.05) is 13.2 Å². The van der Waals surface area contributed by atoms with Crippen molar-refractivity contribution in [1.29, 1.82) is 0 Å². The van der Waals surface area contributed by atoms with Crippen LogP contribution in [0.15, 0.2) is 23.2 Å². The molecule has 0 amide bonds. The van der Waals surface area contributed by atoms with Crippen molar-refractivity contribution >= 4 is 41.5 Å². The number of nitrogens with two attached hydrogens (primary N) is 2. The lowest BCUT2D eigenvalue weighted by Gasteiger charge is -2.09. The Bertz CT molecular complexity index is 381. The summed E-state index contributed by atoms with van der Waals surface area (Å²) in [6, 6.07) is 5.53. The number of aliphatic imine (C=N–C) groups is 1. The second-order valence-corrected chi connectivity index (χ2v) is 3.68. The first-order chi connectivity index (χ1) is 7.63. The summed E-state index contributed by atoms with van der Waals surface area (Å²) < 4.78 is 5.48. The third kappa shape index (κ3) is 5.97. The van der Waals surface area contributed by atoms with E-state index in [0.717, 1.165) is 11.3 Å². The van der Waals surface area contributed by atoms with Crippen molar-refractivity contribution in [3.05, 3.63) is 28.8 Å². The Hall–Kier alpha value is -0.690. The van der Waals surface area contributed by atoms with Crippen molar-refractivity contribution in [3.8, 4) is 5.75 Å². The molecule has 4 N–H and O–H groups in total. The topological polar surface area (TPSA) is 73.6 Å². The largest absolute Gasteiger partial charge is 0.494 e. The molecule has 0 aliphatic rings. The fraction of sp³-hybridized carbons (Fsp3) is 0.364. The molecule has 1 aromatic rings. The van der Waals surface area contributed by atoms with Crippen molar-refractivity contribution in [1.82, 2.24) is 0 Å². The molecule has 0 fully saturated rings. The molecule has 0 unspecified atom stereocenters. The molecule has 6 heteroatoms. The van der Waals surface area contributed by atoms with Gasteiger partial charge in [-0.1, -0.05) is 11.6 Å². The van der Waals surface area contributed by atoms with Gasteiger partial charge in [0.25, 0.3) is 0 Å². The summed E-state index contributed by atoms with van der Waals surface area (Å²) in [6.07, 6.45) is 0.702. The van der Waals surface area contributed by atoms with Crippen LogP contribution in [0, 0.1) is 0 Å². The van der Waals surface area contributed by atoms with Gasteiger partial charge in [0, 0.05) is 11.6 Å². The maximum absolute atomic E-state index is 5.92. The van der Waals surface area contributed by atoms with Crippen LogP contribution in [-0.2, 0) is 6.42 Å². The monoisotopic (exact) mass is 369 g/mol. The first-order valence-electron chi connectivity index (χ1n) is 5.10. The average Bonchev–Trinajstić information content (AvgIpc) is 2.21. The SMILES string of the molecule is CCOc1ccc(Cl)cc1CCN=C(N)N.I. The molecule has 96 valence electrons. The molecule has 1 rings (SSSR count). The van der Waals surface area contributed by atoms with Crippen LogP contribution >= 0.6 is 35.6 Å². The third-order valence-corrected chi connectivity index (χ3v) is 2.23. The first-order valence-corrected chi connectivity index (χ1v) is 5.48. The van der Waals surface area contributed by atoms with Crippen LogP contribution in [0.3, 0.4) is 0 Å². The molecule has 0 atom stereocenters. The van der Waals surface area contributed by atoms with E-state index in [1.165, 1.54) is 0 Å². The molecule has 0 aliphatic heterocycles. The molecule has 0 bridgehead atoms. The zero-order valence-corrected chi connectivity index (χ0v) is 12.7. The maximum Gasteiger partial charge on any atom is 0.185 e. The van der Waals surface area contributed by atoms with Gasteiger partial charge < -0.3 is 16.2 Å². The highest BCUT2D eigenvalue weighted by Crippen LogP contribution is 2.23. The van der Waals surface area contributed by atoms with Crippen LogP contribution in [0.25, 0.3) is 0 Å². The van der Waals surface area contributed by atoms with E-state index < -0.39 is 0 Å². The van der Waals surface area contributed by atoms with E-state index in [-0.39, 0.29) is 29.9 Å². The molecule has 0 spiro atoms. The molecule has 0 aliphatic carbocycles. The van der Waals surface area contributed by atoms with Gasteiger partial charge in [0.05, 0.1) is 6.61 Å². The zero-order valence-electron chi connectivity index (χ0n) is 9.65. The summed E-state index contributed by atoms with van der Waals surface area (Å²) in [4.78, 5) is 3.92. The van der Waals surface area contributed by atoms with E-state index in [4.69, 9.17) is 27.8 Å². The Kier molecular flexibility index (Phi) is 8.07. The number of hydrogen-bond donors (Lipinski definition) is 2. The van der Waals surface area contributed by atoms with Crippen LogP contribution in [0.5, 0.6) is 5.75 Å². The third-order valence-electron chi connectivity index (χ3n) is 2.00. The zero-order chi connectivity index (χ0) is 12.0. The normalized spacial score (nSPS) is 9.29. The Labute approximate surface area is 123 Å². The van der Waals surface area contributed by atoms with E-state index in [2.05, 4.69) is 4.99 Å². The van der Waals surface area contributed by atoms with E-state index in [1.54, 1.807) is 6.07 Å². The molecule has 0 heterocycles. The van der Waals surface area contributed by atoms with Crippen molar-refractivity contribution < 1.29 is 4.74 Å². The Morgan fingerprint density at radius 1 is 1.41 bits per heavy atom. The van der Waals surface area contributed by atoms with Gasteiger partial charge in [-0.05, 0) is 37.1 Å². The maximum atomic E-state index is 5.92. The summed E-state index contributed by atoms with van der Waals surface area (Å²) in [6.45, 7) is 3.09. The van der Waals surface area contributed by atoms with Gasteiger partial charge in [0.1, 0.15) is 5.75 Å². The van der Waals surface area contributed by atoms with Gasteiger partial charge in [-0.3, -0.25) is 4.99 Å². The lowest BCUT2D eigenvalue weighted by atomic mass is 10.1. The van der Waals surface area contributed by atoms with Crippen LogP contribution < -0.4 is 16.2 Å². The molecule has 4 nitrogen and oxygen atoms in total. The predicted molar refractivity (Wildman–Crippen MR) is 82.4 cm³/mol. The molecule has 0 aromatic heterocycles. The molecule has 1 aromatic carbocycles. The van der Waals surface area contributed by atoms with Crippen LogP contribution in [-0.4, -0.2) is 19.1 Å². The second-order valence-electron chi connectivity index (χ2n) is 3.24. The lowest BCUT2D eigenvalue weighted by Crippen LogP contribution is -2.23. The predicted octanol–water partition coefficient (Wildman–Crippen LogP) is 2.17. The summed E-state index contributed by atoms with van der Waals surface area (Å²) in [5.74, 6) is 0.928. The van der Waals surface area contributed by atoms with Crippen molar-refractivity contribution in [2.24, 2.45) is 16.5 Å². The van der Waals surface area contributed by atoms with Gasteiger partial charge in [-0.15, -0.1) is 24.0 Å². The fourth-order valence-corrected chi connectivity index (χ4v) is 1.54. The van der Waals surface area contributed by atoms with Gasteiger partial charge in [-0.2, -0.15) is 0 Å². The minimum Gasteiger partial charge on any atom is -0.494 e. The molecular formula is C11H17ClIN3O. The average molecular weight is 370 g/mol. The van der Waals surface area contributed by atoms with Crippen LogP contribution in [0.2, 0.25) is 5.02 Å². The standard InChI is InChI=1S/C11H16ClN3O.HI/c1-2-16-10-4-3-9(12)7-8(10)5-6-15-11(13)14;/h3-4,7H,2,5-6H2,1H3,(H4,13,14,15);1H. The number of ether oxygens (including phenoxy) is 1. The smallest absolute Gasteiger partial charge is 0.185 e. The number of halogens is 2. The fourth-order valence-electron chi connectivity index (χ4n) is 1.35. The highest BCUT2D eigenvalue weighted by Gasteiger charge is 2.03. The summed E-state index contributed by atoms with van der Waals surface area (Å²) in [5, 5.41) is 0.683. The molecular weight excluding hydrogens is 352 g/mol. The van der Waals surface area contributed by atoms with E-state index >= 15 is 0 Å². The van der Waals surface area contributed by atoms with E-state index in [0.29, 0.717) is 24.6 Å². The Morgan fingerprint density at radius 3 is 2.71 bits per heavy atom. The van der Waals surface area contributed by atoms with Crippen molar-refractivity contribution in [3.63, 3.8) is 0 Å².